The number of hydrogen-bond donors (Lipinski definition) is 1. The van der Waals surface area contributed by atoms with E-state index in [1.54, 1.807) is 12.1 Å². The Morgan fingerprint density at radius 3 is 2.42 bits per heavy atom. The van der Waals surface area contributed by atoms with Crippen LogP contribution in [0.15, 0.2) is 23.1 Å². The second kappa shape index (κ2) is 6.50. The summed E-state index contributed by atoms with van der Waals surface area (Å²) in [6.07, 6.45) is 0. The highest BCUT2D eigenvalue weighted by molar-refractivity contribution is 7.89. The summed E-state index contributed by atoms with van der Waals surface area (Å²) >= 11 is 0. The Hall–Kier alpha value is -0.910. The summed E-state index contributed by atoms with van der Waals surface area (Å²) in [5.74, 6) is 0. The summed E-state index contributed by atoms with van der Waals surface area (Å²) < 4.78 is 26.9. The van der Waals surface area contributed by atoms with Crippen LogP contribution in [0.1, 0.15) is 31.9 Å². The maximum Gasteiger partial charge on any atom is 0.243 e. The predicted octanol–water partition coefficient (Wildman–Crippen LogP) is 2.13. The van der Waals surface area contributed by atoms with Crippen LogP contribution in [0.25, 0.3) is 0 Å². The Balaban J connectivity index is 3.33. The van der Waals surface area contributed by atoms with Gasteiger partial charge in [-0.15, -0.1) is 0 Å². The number of sulfonamides is 1. The first kappa shape index (κ1) is 16.1. The summed E-state index contributed by atoms with van der Waals surface area (Å²) in [7, 11) is -1.56. The summed E-state index contributed by atoms with van der Waals surface area (Å²) in [6.45, 7) is 8.68. The molecule has 0 aliphatic heterocycles. The lowest BCUT2D eigenvalue weighted by Gasteiger charge is -2.25. The molecule has 19 heavy (non-hydrogen) atoms. The quantitative estimate of drug-likeness (QED) is 0.870. The molecule has 0 aliphatic rings. The van der Waals surface area contributed by atoms with Crippen LogP contribution >= 0.6 is 0 Å². The molecule has 5 heteroatoms. The lowest BCUT2D eigenvalue weighted by Crippen LogP contribution is -2.37. The number of benzene rings is 1. The molecule has 1 aromatic rings. The summed E-state index contributed by atoms with van der Waals surface area (Å²) in [5.41, 5.74) is 1.85. The molecule has 0 heterocycles. The molecule has 108 valence electrons. The van der Waals surface area contributed by atoms with Crippen LogP contribution in [0.5, 0.6) is 0 Å². The monoisotopic (exact) mass is 284 g/mol. The van der Waals surface area contributed by atoms with Gasteiger partial charge in [-0.25, -0.2) is 8.42 Å². The van der Waals surface area contributed by atoms with E-state index in [-0.39, 0.29) is 6.04 Å². The Morgan fingerprint density at radius 1 is 1.32 bits per heavy atom. The van der Waals surface area contributed by atoms with E-state index in [2.05, 4.69) is 5.32 Å². The normalized spacial score (nSPS) is 12.4. The topological polar surface area (TPSA) is 49.4 Å². The van der Waals surface area contributed by atoms with Crippen LogP contribution in [0, 0.1) is 6.92 Å². The maximum absolute atomic E-state index is 12.7. The predicted molar refractivity (Wildman–Crippen MR) is 78.6 cm³/mol. The Morgan fingerprint density at radius 2 is 1.95 bits per heavy atom. The van der Waals surface area contributed by atoms with E-state index in [4.69, 9.17) is 0 Å². The highest BCUT2D eigenvalue weighted by Crippen LogP contribution is 2.23. The van der Waals surface area contributed by atoms with Crippen molar-refractivity contribution in [2.75, 3.05) is 13.6 Å². The molecule has 0 amide bonds. The van der Waals surface area contributed by atoms with Crippen molar-refractivity contribution in [3.8, 4) is 0 Å². The van der Waals surface area contributed by atoms with Crippen LogP contribution in [0.2, 0.25) is 0 Å². The van der Waals surface area contributed by atoms with Gasteiger partial charge in [0.25, 0.3) is 0 Å². The molecule has 0 spiro atoms. The van der Waals surface area contributed by atoms with Gasteiger partial charge in [-0.3, -0.25) is 0 Å². The highest BCUT2D eigenvalue weighted by Gasteiger charge is 2.27. The maximum atomic E-state index is 12.7. The van der Waals surface area contributed by atoms with Crippen molar-refractivity contribution in [1.82, 2.24) is 9.62 Å². The molecule has 0 fully saturated rings. The fourth-order valence-electron chi connectivity index (χ4n) is 2.26. The zero-order valence-electron chi connectivity index (χ0n) is 12.4. The zero-order chi connectivity index (χ0) is 14.6. The molecule has 0 saturated heterocycles. The molecule has 1 aromatic carbocycles. The van der Waals surface area contributed by atoms with Gasteiger partial charge < -0.3 is 5.32 Å². The minimum absolute atomic E-state index is 0.0395. The van der Waals surface area contributed by atoms with Gasteiger partial charge in [0, 0.05) is 19.1 Å². The van der Waals surface area contributed by atoms with Crippen molar-refractivity contribution < 1.29 is 8.42 Å². The first-order valence-electron chi connectivity index (χ1n) is 6.61. The van der Waals surface area contributed by atoms with E-state index in [1.807, 2.05) is 40.8 Å². The van der Waals surface area contributed by atoms with Crippen molar-refractivity contribution in [2.45, 2.75) is 45.2 Å². The van der Waals surface area contributed by atoms with Crippen molar-refractivity contribution in [3.05, 3.63) is 29.3 Å². The SMILES string of the molecule is CCN(C(C)C)S(=O)(=O)c1cccc(CNC)c1C. The Bertz CT molecular complexity index is 524. The van der Waals surface area contributed by atoms with Gasteiger partial charge in [0.2, 0.25) is 10.0 Å². The van der Waals surface area contributed by atoms with Crippen LogP contribution in [-0.2, 0) is 16.6 Å². The number of hydrogen-bond acceptors (Lipinski definition) is 3. The second-order valence-corrected chi connectivity index (χ2v) is 6.73. The first-order chi connectivity index (χ1) is 8.86. The number of rotatable bonds is 6. The average Bonchev–Trinajstić information content (AvgIpc) is 2.31. The minimum Gasteiger partial charge on any atom is -0.316 e. The first-order valence-corrected chi connectivity index (χ1v) is 8.05. The number of nitrogens with one attached hydrogen (secondary N) is 1. The van der Waals surface area contributed by atoms with Gasteiger partial charge in [-0.05, 0) is 45.0 Å². The minimum atomic E-state index is -3.42. The van der Waals surface area contributed by atoms with E-state index in [1.165, 1.54) is 4.31 Å². The molecule has 0 saturated carbocycles. The van der Waals surface area contributed by atoms with Crippen molar-refractivity contribution in [3.63, 3.8) is 0 Å². The van der Waals surface area contributed by atoms with E-state index in [0.717, 1.165) is 11.1 Å². The largest absolute Gasteiger partial charge is 0.316 e. The Labute approximate surface area is 116 Å². The number of nitrogens with zero attached hydrogens (tertiary/aromatic N) is 1. The van der Waals surface area contributed by atoms with Gasteiger partial charge in [0.05, 0.1) is 4.90 Å². The van der Waals surface area contributed by atoms with Crippen molar-refractivity contribution in [1.29, 1.82) is 0 Å². The molecule has 0 bridgehead atoms. The third-order valence-electron chi connectivity index (χ3n) is 3.24. The summed E-state index contributed by atoms with van der Waals surface area (Å²) in [4.78, 5) is 0.413. The molecule has 1 rings (SSSR count). The van der Waals surface area contributed by atoms with E-state index < -0.39 is 10.0 Å². The van der Waals surface area contributed by atoms with Gasteiger partial charge in [0.15, 0.2) is 0 Å². The lowest BCUT2D eigenvalue weighted by molar-refractivity contribution is 0.369. The van der Waals surface area contributed by atoms with Gasteiger partial charge >= 0.3 is 0 Å². The smallest absolute Gasteiger partial charge is 0.243 e. The molecule has 0 radical (unpaired) electrons. The van der Waals surface area contributed by atoms with E-state index in [9.17, 15) is 8.42 Å². The lowest BCUT2D eigenvalue weighted by atomic mass is 10.1. The second-order valence-electron chi connectivity index (χ2n) is 4.87. The van der Waals surface area contributed by atoms with Gasteiger partial charge in [-0.2, -0.15) is 4.31 Å². The van der Waals surface area contributed by atoms with Gasteiger partial charge in [0.1, 0.15) is 0 Å². The molecule has 1 N–H and O–H groups in total. The fraction of sp³-hybridized carbons (Fsp3) is 0.571. The molecule has 4 nitrogen and oxygen atoms in total. The highest BCUT2D eigenvalue weighted by atomic mass is 32.2. The van der Waals surface area contributed by atoms with Crippen LogP contribution in [-0.4, -0.2) is 32.4 Å². The van der Waals surface area contributed by atoms with Gasteiger partial charge in [-0.1, -0.05) is 19.1 Å². The molecular weight excluding hydrogens is 260 g/mol. The molecule has 0 aromatic heterocycles. The molecular formula is C14H24N2O2S. The fourth-order valence-corrected chi connectivity index (χ4v) is 4.18. The molecule has 0 atom stereocenters. The van der Waals surface area contributed by atoms with Crippen LogP contribution in [0.3, 0.4) is 0 Å². The van der Waals surface area contributed by atoms with Crippen molar-refractivity contribution in [2.24, 2.45) is 0 Å². The third kappa shape index (κ3) is 3.35. The molecule has 0 unspecified atom stereocenters. The van der Waals surface area contributed by atoms with Crippen molar-refractivity contribution >= 4 is 10.0 Å². The average molecular weight is 284 g/mol. The Kier molecular flexibility index (Phi) is 5.52. The van der Waals surface area contributed by atoms with E-state index >= 15 is 0 Å². The zero-order valence-corrected chi connectivity index (χ0v) is 13.2. The summed E-state index contributed by atoms with van der Waals surface area (Å²) in [6, 6.07) is 5.41. The van der Waals surface area contributed by atoms with E-state index in [0.29, 0.717) is 18.0 Å². The summed E-state index contributed by atoms with van der Waals surface area (Å²) in [5, 5.41) is 3.06. The molecule has 0 aliphatic carbocycles. The standard InChI is InChI=1S/C14H24N2O2S/c1-6-16(11(2)3)19(17,18)14-9-7-8-13(10-15-5)12(14)4/h7-9,11,15H,6,10H2,1-5H3. The third-order valence-corrected chi connectivity index (χ3v) is 5.53. The van der Waals surface area contributed by atoms with Crippen LogP contribution < -0.4 is 5.32 Å². The van der Waals surface area contributed by atoms with Crippen LogP contribution in [0.4, 0.5) is 0 Å².